The number of hydrogen-bond acceptors (Lipinski definition) is 2. The molecule has 0 aliphatic carbocycles. The highest BCUT2D eigenvalue weighted by atomic mass is 79.9. The Labute approximate surface area is 133 Å². The van der Waals surface area contributed by atoms with Gasteiger partial charge in [0.2, 0.25) is 0 Å². The third-order valence-corrected chi connectivity index (χ3v) is 4.67. The first-order valence-electron chi connectivity index (χ1n) is 6.53. The molecule has 2 aromatic heterocycles. The van der Waals surface area contributed by atoms with Crippen LogP contribution in [0.1, 0.15) is 43.4 Å². The molecule has 0 amide bonds. The summed E-state index contributed by atoms with van der Waals surface area (Å²) >= 11 is 9.57. The van der Waals surface area contributed by atoms with Gasteiger partial charge in [-0.2, -0.15) is 5.10 Å². The van der Waals surface area contributed by atoms with E-state index in [0.717, 1.165) is 32.9 Å². The summed E-state index contributed by atoms with van der Waals surface area (Å²) in [5, 5.41) is 4.54. The highest BCUT2D eigenvalue weighted by molar-refractivity contribution is 9.10. The molecule has 2 heterocycles. The number of rotatable bonds is 2. The lowest BCUT2D eigenvalue weighted by atomic mass is 9.91. The Bertz CT molecular complexity index is 641. The smallest absolute Gasteiger partial charge is 0.154 e. The van der Waals surface area contributed by atoms with Gasteiger partial charge < -0.3 is 0 Å². The summed E-state index contributed by atoms with van der Waals surface area (Å²) < 4.78 is 2.89. The van der Waals surface area contributed by atoms with Crippen molar-refractivity contribution in [3.63, 3.8) is 0 Å². The van der Waals surface area contributed by atoms with E-state index in [1.165, 1.54) is 0 Å². The second-order valence-corrected chi connectivity index (χ2v) is 7.06. The molecule has 3 nitrogen and oxygen atoms in total. The van der Waals surface area contributed by atoms with E-state index in [-0.39, 0.29) is 5.41 Å². The van der Waals surface area contributed by atoms with Crippen LogP contribution in [0.25, 0.3) is 5.82 Å². The highest BCUT2D eigenvalue weighted by Crippen LogP contribution is 2.26. The van der Waals surface area contributed by atoms with Crippen LogP contribution in [0.2, 0.25) is 0 Å². The molecular formula is C15H19BrClN3. The van der Waals surface area contributed by atoms with Crippen LogP contribution in [0, 0.1) is 13.8 Å². The van der Waals surface area contributed by atoms with Crippen molar-refractivity contribution < 1.29 is 0 Å². The average molecular weight is 357 g/mol. The van der Waals surface area contributed by atoms with Crippen molar-refractivity contribution >= 4 is 27.5 Å². The zero-order valence-electron chi connectivity index (χ0n) is 12.5. The van der Waals surface area contributed by atoms with Gasteiger partial charge in [-0.1, -0.05) is 20.8 Å². The van der Waals surface area contributed by atoms with E-state index in [2.05, 4.69) is 47.9 Å². The molecule has 0 unspecified atom stereocenters. The molecule has 0 aromatic carbocycles. The van der Waals surface area contributed by atoms with Gasteiger partial charge in [-0.05, 0) is 47.5 Å². The number of hydrogen-bond donors (Lipinski definition) is 0. The first kappa shape index (κ1) is 15.5. The van der Waals surface area contributed by atoms with Crippen molar-refractivity contribution in [2.24, 2.45) is 0 Å². The average Bonchev–Trinajstić information content (AvgIpc) is 2.65. The van der Waals surface area contributed by atoms with E-state index in [4.69, 9.17) is 16.6 Å². The lowest BCUT2D eigenvalue weighted by Gasteiger charge is -2.20. The summed E-state index contributed by atoms with van der Waals surface area (Å²) in [5.41, 5.74) is 4.06. The van der Waals surface area contributed by atoms with Crippen molar-refractivity contribution in [3.8, 4) is 5.82 Å². The summed E-state index contributed by atoms with van der Waals surface area (Å²) in [5.74, 6) is 1.29. The maximum Gasteiger partial charge on any atom is 0.154 e. The molecule has 0 saturated carbocycles. The SMILES string of the molecule is Cc1nn(-c2cc(CCl)cc(C(C)(C)C)n2)c(C)c1Br. The minimum Gasteiger partial charge on any atom is -0.233 e. The molecule has 5 heteroatoms. The summed E-state index contributed by atoms with van der Waals surface area (Å²) in [6, 6.07) is 4.06. The normalized spacial score (nSPS) is 11.9. The fraction of sp³-hybridized carbons (Fsp3) is 0.467. The molecule has 0 fully saturated rings. The Morgan fingerprint density at radius 2 is 1.90 bits per heavy atom. The first-order chi connectivity index (χ1) is 9.24. The van der Waals surface area contributed by atoms with Crippen LogP contribution in [0.3, 0.4) is 0 Å². The molecule has 0 atom stereocenters. The number of aromatic nitrogens is 3. The van der Waals surface area contributed by atoms with Gasteiger partial charge in [-0.15, -0.1) is 11.6 Å². The molecule has 0 radical (unpaired) electrons. The van der Waals surface area contributed by atoms with E-state index in [1.54, 1.807) is 0 Å². The molecule has 0 aliphatic heterocycles. The molecule has 0 N–H and O–H groups in total. The lowest BCUT2D eigenvalue weighted by Crippen LogP contribution is -2.16. The van der Waals surface area contributed by atoms with Crippen LogP contribution in [0.4, 0.5) is 0 Å². The van der Waals surface area contributed by atoms with E-state index in [1.807, 2.05) is 24.6 Å². The number of aryl methyl sites for hydroxylation is 1. The standard InChI is InChI=1S/C15H19BrClN3/c1-9-14(16)10(2)20(19-9)13-7-11(8-17)6-12(18-13)15(3,4)5/h6-7H,8H2,1-5H3. The van der Waals surface area contributed by atoms with Gasteiger partial charge in [0.25, 0.3) is 0 Å². The number of alkyl halides is 1. The van der Waals surface area contributed by atoms with Gasteiger partial charge in [0.1, 0.15) is 0 Å². The maximum atomic E-state index is 6.02. The Balaban J connectivity index is 2.64. The second-order valence-electron chi connectivity index (χ2n) is 6.00. The molecule has 2 rings (SSSR count). The van der Waals surface area contributed by atoms with Crippen molar-refractivity contribution in [1.82, 2.24) is 14.8 Å². The van der Waals surface area contributed by atoms with E-state index >= 15 is 0 Å². The Morgan fingerprint density at radius 3 is 2.35 bits per heavy atom. The second kappa shape index (κ2) is 5.49. The topological polar surface area (TPSA) is 30.7 Å². The molecule has 0 aliphatic rings. The molecule has 0 bridgehead atoms. The van der Waals surface area contributed by atoms with Crippen molar-refractivity contribution in [2.75, 3.05) is 0 Å². The van der Waals surface area contributed by atoms with Crippen LogP contribution in [-0.4, -0.2) is 14.8 Å². The minimum atomic E-state index is -0.0237. The Morgan fingerprint density at radius 1 is 1.25 bits per heavy atom. The Hall–Kier alpha value is -0.870. The molecule has 2 aromatic rings. The van der Waals surface area contributed by atoms with Crippen LogP contribution >= 0.6 is 27.5 Å². The fourth-order valence-electron chi connectivity index (χ4n) is 1.99. The zero-order valence-corrected chi connectivity index (χ0v) is 14.8. The van der Waals surface area contributed by atoms with Crippen LogP contribution in [0.5, 0.6) is 0 Å². The molecule has 20 heavy (non-hydrogen) atoms. The van der Waals surface area contributed by atoms with Crippen molar-refractivity contribution in [2.45, 2.75) is 45.9 Å². The first-order valence-corrected chi connectivity index (χ1v) is 7.86. The quantitative estimate of drug-likeness (QED) is 0.731. The summed E-state index contributed by atoms with van der Waals surface area (Å²) in [6.45, 7) is 10.4. The van der Waals surface area contributed by atoms with Gasteiger partial charge in [0.15, 0.2) is 5.82 Å². The third kappa shape index (κ3) is 2.91. The van der Waals surface area contributed by atoms with Crippen LogP contribution in [0.15, 0.2) is 16.6 Å². The molecular weight excluding hydrogens is 338 g/mol. The van der Waals surface area contributed by atoms with Gasteiger partial charge in [-0.25, -0.2) is 9.67 Å². The van der Waals surface area contributed by atoms with Crippen LogP contribution < -0.4 is 0 Å². The fourth-order valence-corrected chi connectivity index (χ4v) is 2.39. The monoisotopic (exact) mass is 355 g/mol. The Kier molecular flexibility index (Phi) is 4.26. The summed E-state index contributed by atoms with van der Waals surface area (Å²) in [4.78, 5) is 4.76. The highest BCUT2D eigenvalue weighted by Gasteiger charge is 2.19. The van der Waals surface area contributed by atoms with Crippen LogP contribution in [-0.2, 0) is 11.3 Å². The number of halogens is 2. The maximum absolute atomic E-state index is 6.02. The van der Waals surface area contributed by atoms with Gasteiger partial charge in [0, 0.05) is 17.0 Å². The predicted octanol–water partition coefficient (Wildman–Crippen LogP) is 4.68. The van der Waals surface area contributed by atoms with Crippen molar-refractivity contribution in [1.29, 1.82) is 0 Å². The lowest BCUT2D eigenvalue weighted by molar-refractivity contribution is 0.564. The third-order valence-electron chi connectivity index (χ3n) is 3.21. The number of pyridine rings is 1. The van der Waals surface area contributed by atoms with Crippen molar-refractivity contribution in [3.05, 3.63) is 39.3 Å². The van der Waals surface area contributed by atoms with E-state index in [0.29, 0.717) is 5.88 Å². The van der Waals surface area contributed by atoms with E-state index < -0.39 is 0 Å². The largest absolute Gasteiger partial charge is 0.233 e. The van der Waals surface area contributed by atoms with Gasteiger partial charge in [-0.3, -0.25) is 0 Å². The summed E-state index contributed by atoms with van der Waals surface area (Å²) in [7, 11) is 0. The molecule has 0 spiro atoms. The number of nitrogens with zero attached hydrogens (tertiary/aromatic N) is 3. The van der Waals surface area contributed by atoms with Gasteiger partial charge >= 0.3 is 0 Å². The summed E-state index contributed by atoms with van der Waals surface area (Å²) in [6.07, 6.45) is 0. The van der Waals surface area contributed by atoms with E-state index in [9.17, 15) is 0 Å². The predicted molar refractivity (Wildman–Crippen MR) is 86.8 cm³/mol. The molecule has 108 valence electrons. The zero-order chi connectivity index (χ0) is 15.1. The minimum absolute atomic E-state index is 0.0237. The van der Waals surface area contributed by atoms with Gasteiger partial charge in [0.05, 0.1) is 15.9 Å². The molecule has 0 saturated heterocycles.